The first-order chi connectivity index (χ1) is 7.69. The van der Waals surface area contributed by atoms with Crippen LogP contribution in [0.5, 0.6) is 0 Å². The van der Waals surface area contributed by atoms with E-state index in [2.05, 4.69) is 23.8 Å². The Kier molecular flexibility index (Phi) is 5.23. The molecule has 1 aliphatic carbocycles. The van der Waals surface area contributed by atoms with Gasteiger partial charge >= 0.3 is 5.97 Å². The fourth-order valence-electron chi connectivity index (χ4n) is 2.25. The maximum absolute atomic E-state index is 11.7. The largest absolute Gasteiger partial charge is 0.469 e. The number of carbonyl (C=O) groups excluding carboxylic acids is 2. The number of esters is 1. The number of hydrogen-bond donors (Lipinski definition) is 0. The van der Waals surface area contributed by atoms with Gasteiger partial charge in [-0.2, -0.15) is 0 Å². The van der Waals surface area contributed by atoms with Crippen molar-refractivity contribution >= 4 is 11.8 Å². The van der Waals surface area contributed by atoms with Crippen molar-refractivity contribution in [3.8, 4) is 0 Å². The number of carbonyl (C=O) groups is 2. The Balaban J connectivity index is 2.52. The van der Waals surface area contributed by atoms with Gasteiger partial charge in [-0.3, -0.25) is 9.59 Å². The molecule has 1 rings (SSSR count). The van der Waals surface area contributed by atoms with Crippen LogP contribution in [0.25, 0.3) is 0 Å². The zero-order chi connectivity index (χ0) is 12.0. The summed E-state index contributed by atoms with van der Waals surface area (Å²) in [7, 11) is 1.39. The van der Waals surface area contributed by atoms with Gasteiger partial charge in [0.05, 0.1) is 7.11 Å². The Bertz CT molecular complexity index is 281. The molecule has 0 unspecified atom stereocenters. The van der Waals surface area contributed by atoms with Crippen LogP contribution in [0.15, 0.2) is 12.2 Å². The molecule has 0 aliphatic heterocycles. The fraction of sp³-hybridized carbons (Fsp3) is 0.692. The monoisotopic (exact) mass is 224 g/mol. The predicted octanol–water partition coefficient (Wildman–Crippen LogP) is 2.50. The van der Waals surface area contributed by atoms with Crippen molar-refractivity contribution in [1.82, 2.24) is 0 Å². The van der Waals surface area contributed by atoms with E-state index in [4.69, 9.17) is 0 Å². The van der Waals surface area contributed by atoms with E-state index in [1.165, 1.54) is 7.11 Å². The van der Waals surface area contributed by atoms with E-state index in [-0.39, 0.29) is 17.8 Å². The predicted molar refractivity (Wildman–Crippen MR) is 61.9 cm³/mol. The summed E-state index contributed by atoms with van der Waals surface area (Å²) >= 11 is 0. The number of methoxy groups -OCH3 is 1. The summed E-state index contributed by atoms with van der Waals surface area (Å²) in [5.41, 5.74) is 0. The van der Waals surface area contributed by atoms with Gasteiger partial charge in [-0.15, -0.1) is 0 Å². The van der Waals surface area contributed by atoms with Crippen LogP contribution in [0.3, 0.4) is 0 Å². The summed E-state index contributed by atoms with van der Waals surface area (Å²) in [5, 5.41) is 0. The number of Topliss-reactive ketones (excluding diaryl/α,β-unsaturated/α-hetero) is 1. The van der Waals surface area contributed by atoms with Crippen LogP contribution in [0.2, 0.25) is 0 Å². The summed E-state index contributed by atoms with van der Waals surface area (Å²) in [6, 6.07) is 0. The first-order valence-electron chi connectivity index (χ1n) is 5.93. The quantitative estimate of drug-likeness (QED) is 0.532. The summed E-state index contributed by atoms with van der Waals surface area (Å²) < 4.78 is 4.65. The second-order valence-corrected chi connectivity index (χ2v) is 4.27. The SMILES string of the molecule is CC/C=C/C[C@@H]1C(=O)CC[C@H]1CC(=O)OC. The number of rotatable bonds is 5. The highest BCUT2D eigenvalue weighted by molar-refractivity contribution is 5.84. The van der Waals surface area contributed by atoms with E-state index in [1.54, 1.807) is 0 Å². The van der Waals surface area contributed by atoms with Crippen molar-refractivity contribution in [3.63, 3.8) is 0 Å². The van der Waals surface area contributed by atoms with Gasteiger partial charge in [-0.05, 0) is 25.2 Å². The van der Waals surface area contributed by atoms with E-state index >= 15 is 0 Å². The number of allylic oxidation sites excluding steroid dienone is 2. The van der Waals surface area contributed by atoms with Gasteiger partial charge in [-0.1, -0.05) is 19.1 Å². The Morgan fingerprint density at radius 2 is 2.25 bits per heavy atom. The van der Waals surface area contributed by atoms with E-state index in [1.807, 2.05) is 0 Å². The molecule has 0 radical (unpaired) electrons. The third-order valence-corrected chi connectivity index (χ3v) is 3.19. The maximum atomic E-state index is 11.7. The molecule has 3 nitrogen and oxygen atoms in total. The molecule has 1 saturated carbocycles. The zero-order valence-electron chi connectivity index (χ0n) is 10.1. The van der Waals surface area contributed by atoms with Crippen molar-refractivity contribution in [2.45, 2.75) is 39.0 Å². The topological polar surface area (TPSA) is 43.4 Å². The molecule has 0 spiro atoms. The lowest BCUT2D eigenvalue weighted by molar-refractivity contribution is -0.142. The lowest BCUT2D eigenvalue weighted by Crippen LogP contribution is -2.18. The highest BCUT2D eigenvalue weighted by Gasteiger charge is 2.34. The summed E-state index contributed by atoms with van der Waals surface area (Å²) in [4.78, 5) is 22.9. The number of hydrogen-bond acceptors (Lipinski definition) is 3. The van der Waals surface area contributed by atoms with Crippen molar-refractivity contribution in [3.05, 3.63) is 12.2 Å². The lowest BCUT2D eigenvalue weighted by atomic mass is 9.89. The van der Waals surface area contributed by atoms with Crippen LogP contribution in [-0.2, 0) is 14.3 Å². The first-order valence-corrected chi connectivity index (χ1v) is 5.93. The maximum Gasteiger partial charge on any atom is 0.305 e. The van der Waals surface area contributed by atoms with Crippen LogP contribution in [0.4, 0.5) is 0 Å². The molecule has 0 aromatic carbocycles. The smallest absolute Gasteiger partial charge is 0.305 e. The summed E-state index contributed by atoms with van der Waals surface area (Å²) in [6.07, 6.45) is 7.72. The van der Waals surface area contributed by atoms with E-state index in [9.17, 15) is 9.59 Å². The second kappa shape index (κ2) is 6.46. The van der Waals surface area contributed by atoms with Crippen molar-refractivity contribution in [2.24, 2.45) is 11.8 Å². The number of ketones is 1. The third kappa shape index (κ3) is 3.47. The molecule has 0 aromatic heterocycles. The zero-order valence-corrected chi connectivity index (χ0v) is 10.1. The minimum absolute atomic E-state index is 0.0295. The van der Waals surface area contributed by atoms with Gasteiger partial charge in [0.15, 0.2) is 0 Å². The molecule has 2 atom stereocenters. The molecule has 1 fully saturated rings. The van der Waals surface area contributed by atoms with Crippen LogP contribution >= 0.6 is 0 Å². The molecular weight excluding hydrogens is 204 g/mol. The Hall–Kier alpha value is -1.12. The lowest BCUT2D eigenvalue weighted by Gasteiger charge is -2.15. The van der Waals surface area contributed by atoms with Gasteiger partial charge in [0.2, 0.25) is 0 Å². The van der Waals surface area contributed by atoms with Crippen molar-refractivity contribution < 1.29 is 14.3 Å². The van der Waals surface area contributed by atoms with Gasteiger partial charge < -0.3 is 4.74 Å². The van der Waals surface area contributed by atoms with Gasteiger partial charge in [-0.25, -0.2) is 0 Å². The highest BCUT2D eigenvalue weighted by atomic mass is 16.5. The molecule has 0 heterocycles. The molecule has 90 valence electrons. The van der Waals surface area contributed by atoms with E-state index < -0.39 is 0 Å². The van der Waals surface area contributed by atoms with Gasteiger partial charge in [0.25, 0.3) is 0 Å². The molecule has 16 heavy (non-hydrogen) atoms. The Labute approximate surface area is 96.9 Å². The number of ether oxygens (including phenoxy) is 1. The molecule has 0 bridgehead atoms. The molecule has 0 saturated heterocycles. The highest BCUT2D eigenvalue weighted by Crippen LogP contribution is 2.34. The average molecular weight is 224 g/mol. The van der Waals surface area contributed by atoms with Crippen LogP contribution in [0.1, 0.15) is 39.0 Å². The van der Waals surface area contributed by atoms with Crippen LogP contribution < -0.4 is 0 Å². The van der Waals surface area contributed by atoms with Crippen molar-refractivity contribution in [1.29, 1.82) is 0 Å². The molecule has 0 amide bonds. The molecule has 3 heteroatoms. The molecule has 0 aromatic rings. The van der Waals surface area contributed by atoms with E-state index in [0.29, 0.717) is 18.6 Å². The summed E-state index contributed by atoms with van der Waals surface area (Å²) in [6.45, 7) is 2.07. The molecule has 1 aliphatic rings. The average Bonchev–Trinajstić information content (AvgIpc) is 2.61. The van der Waals surface area contributed by atoms with Crippen LogP contribution in [0, 0.1) is 11.8 Å². The third-order valence-electron chi connectivity index (χ3n) is 3.19. The molecular formula is C13H20O3. The minimum Gasteiger partial charge on any atom is -0.469 e. The normalized spacial score (nSPS) is 25.2. The second-order valence-electron chi connectivity index (χ2n) is 4.27. The Morgan fingerprint density at radius 3 is 2.88 bits per heavy atom. The standard InChI is InChI=1S/C13H20O3/c1-3-4-5-6-11-10(7-8-12(11)14)9-13(15)16-2/h4-5,10-11H,3,6-9H2,1-2H3/b5-4+/t10-,11-/m0/s1. The van der Waals surface area contributed by atoms with Crippen LogP contribution in [-0.4, -0.2) is 18.9 Å². The van der Waals surface area contributed by atoms with Gasteiger partial charge in [0.1, 0.15) is 5.78 Å². The van der Waals surface area contributed by atoms with E-state index in [0.717, 1.165) is 19.3 Å². The summed E-state index contributed by atoms with van der Waals surface area (Å²) in [5.74, 6) is 0.308. The Morgan fingerprint density at radius 1 is 1.50 bits per heavy atom. The first kappa shape index (κ1) is 12.9. The minimum atomic E-state index is -0.204. The van der Waals surface area contributed by atoms with Crippen molar-refractivity contribution in [2.75, 3.05) is 7.11 Å². The fourth-order valence-corrected chi connectivity index (χ4v) is 2.25. The van der Waals surface area contributed by atoms with Gasteiger partial charge in [0, 0.05) is 18.8 Å². The molecule has 0 N–H and O–H groups in total.